The minimum absolute atomic E-state index is 0.139. The normalized spacial score (nSPS) is 20.4. The van der Waals surface area contributed by atoms with E-state index in [0.29, 0.717) is 42.8 Å². The maximum absolute atomic E-state index is 14.0. The van der Waals surface area contributed by atoms with Crippen molar-refractivity contribution in [1.82, 2.24) is 25.0 Å². The maximum Gasteiger partial charge on any atom is 0.420 e. The number of para-hydroxylation sites is 2. The van der Waals surface area contributed by atoms with Crippen molar-refractivity contribution in [3.8, 4) is 0 Å². The molecule has 1 aliphatic heterocycles. The zero-order valence-corrected chi connectivity index (χ0v) is 25.5. The molecule has 1 unspecified atom stereocenters. The van der Waals surface area contributed by atoms with E-state index in [2.05, 4.69) is 24.5 Å². The lowest BCUT2D eigenvalue weighted by atomic mass is 9.75. The summed E-state index contributed by atoms with van der Waals surface area (Å²) in [6.45, 7) is 4.72. The van der Waals surface area contributed by atoms with Crippen LogP contribution in [0.5, 0.6) is 0 Å². The summed E-state index contributed by atoms with van der Waals surface area (Å²) < 4.78 is 6.60. The number of hydrogen-bond acceptors (Lipinski definition) is 6. The van der Waals surface area contributed by atoms with Gasteiger partial charge in [0.25, 0.3) is 5.91 Å². The monoisotopic (exact) mass is 603 g/mol. The molecule has 1 atom stereocenters. The van der Waals surface area contributed by atoms with Gasteiger partial charge in [-0.1, -0.05) is 50.2 Å². The van der Waals surface area contributed by atoms with Gasteiger partial charge in [-0.3, -0.25) is 23.7 Å². The van der Waals surface area contributed by atoms with E-state index >= 15 is 0 Å². The Kier molecular flexibility index (Phi) is 9.51. The second-order valence-electron chi connectivity index (χ2n) is 12.1. The maximum atomic E-state index is 14.0. The van der Waals surface area contributed by atoms with Gasteiger partial charge in [0.2, 0.25) is 17.7 Å². The molecule has 11 heteroatoms. The molecule has 2 N–H and O–H groups in total. The van der Waals surface area contributed by atoms with Gasteiger partial charge in [-0.2, -0.15) is 0 Å². The predicted octanol–water partition coefficient (Wildman–Crippen LogP) is 2.56. The van der Waals surface area contributed by atoms with Crippen LogP contribution in [0.3, 0.4) is 0 Å². The molecule has 5 rings (SSSR count). The number of nitrogens with one attached hydrogen (secondary N) is 2. The number of carbonyl (C=O) groups is 4. The highest BCUT2D eigenvalue weighted by Gasteiger charge is 2.44. The smallest absolute Gasteiger partial charge is 0.408 e. The third kappa shape index (κ3) is 6.71. The lowest BCUT2D eigenvalue weighted by Crippen LogP contribution is -2.60. The molecule has 2 aromatic carbocycles. The van der Waals surface area contributed by atoms with Crippen LogP contribution in [0.1, 0.15) is 57.1 Å². The van der Waals surface area contributed by atoms with E-state index < -0.39 is 11.3 Å². The fraction of sp³-hybridized carbons (Fsp3) is 0.485. The summed E-state index contributed by atoms with van der Waals surface area (Å²) >= 11 is 0. The van der Waals surface area contributed by atoms with Gasteiger partial charge in [-0.05, 0) is 61.3 Å². The Bertz CT molecular complexity index is 1590. The fourth-order valence-electron chi connectivity index (χ4n) is 6.21. The SMILES string of the molecule is CC(C)CCN1CC(=O)NC2(CCCc3ccccc32)C(=O)NCCN(C(=O)Cn2c(=O)oc3ccccc32)CCCC1=O. The quantitative estimate of drug-likeness (QED) is 0.461. The highest BCUT2D eigenvalue weighted by atomic mass is 16.4. The number of fused-ring (bicyclic) bond motifs is 3. The van der Waals surface area contributed by atoms with Gasteiger partial charge in [0.1, 0.15) is 12.1 Å². The highest BCUT2D eigenvalue weighted by Crippen LogP contribution is 2.36. The van der Waals surface area contributed by atoms with Gasteiger partial charge in [0, 0.05) is 32.6 Å². The molecule has 3 aromatic rings. The third-order valence-electron chi connectivity index (χ3n) is 8.58. The van der Waals surface area contributed by atoms with Gasteiger partial charge >= 0.3 is 5.76 Å². The molecule has 1 aromatic heterocycles. The largest absolute Gasteiger partial charge is 0.420 e. The van der Waals surface area contributed by atoms with Crippen LogP contribution in [-0.2, 0) is 37.7 Å². The van der Waals surface area contributed by atoms with E-state index in [1.165, 1.54) is 4.57 Å². The average Bonchev–Trinajstić information content (AvgIpc) is 3.32. The van der Waals surface area contributed by atoms with Crippen LogP contribution in [0.25, 0.3) is 11.1 Å². The van der Waals surface area contributed by atoms with Crippen LogP contribution in [0.2, 0.25) is 0 Å². The van der Waals surface area contributed by atoms with Crippen molar-refractivity contribution in [2.24, 2.45) is 5.92 Å². The number of rotatable bonds is 5. The number of carbonyl (C=O) groups excluding carboxylic acids is 4. The lowest BCUT2D eigenvalue weighted by Gasteiger charge is -2.39. The van der Waals surface area contributed by atoms with Crippen LogP contribution in [-0.4, -0.2) is 70.7 Å². The summed E-state index contributed by atoms with van der Waals surface area (Å²) in [4.78, 5) is 70.2. The number of benzene rings is 2. The summed E-state index contributed by atoms with van der Waals surface area (Å²) in [7, 11) is 0. The van der Waals surface area contributed by atoms with Gasteiger partial charge in [0.05, 0.1) is 12.1 Å². The molecule has 2 aliphatic rings. The van der Waals surface area contributed by atoms with Gasteiger partial charge < -0.3 is 24.9 Å². The van der Waals surface area contributed by atoms with Crippen molar-refractivity contribution >= 4 is 34.7 Å². The molecular formula is C33H41N5O6. The zero-order valence-electron chi connectivity index (χ0n) is 25.5. The van der Waals surface area contributed by atoms with Gasteiger partial charge in [-0.15, -0.1) is 0 Å². The number of aromatic nitrogens is 1. The van der Waals surface area contributed by atoms with Crippen molar-refractivity contribution < 1.29 is 23.6 Å². The summed E-state index contributed by atoms with van der Waals surface area (Å²) in [5, 5.41) is 6.03. The summed E-state index contributed by atoms with van der Waals surface area (Å²) in [5.41, 5.74) is 1.37. The Morgan fingerprint density at radius 2 is 1.75 bits per heavy atom. The Hall–Kier alpha value is -4.41. The molecular weight excluding hydrogens is 562 g/mol. The third-order valence-corrected chi connectivity index (χ3v) is 8.58. The minimum atomic E-state index is -1.29. The molecule has 1 fully saturated rings. The van der Waals surface area contributed by atoms with E-state index in [9.17, 15) is 24.0 Å². The molecule has 0 saturated carbocycles. The number of nitrogens with zero attached hydrogens (tertiary/aromatic N) is 3. The van der Waals surface area contributed by atoms with Crippen molar-refractivity contribution in [2.75, 3.05) is 32.7 Å². The van der Waals surface area contributed by atoms with Crippen LogP contribution in [0, 0.1) is 5.92 Å². The van der Waals surface area contributed by atoms with Crippen LogP contribution >= 0.6 is 0 Å². The first-order valence-corrected chi connectivity index (χ1v) is 15.5. The second kappa shape index (κ2) is 13.5. The van der Waals surface area contributed by atoms with Crippen LogP contribution in [0.15, 0.2) is 57.7 Å². The second-order valence-corrected chi connectivity index (χ2v) is 12.1. The number of hydrogen-bond donors (Lipinski definition) is 2. The number of oxazole rings is 1. The minimum Gasteiger partial charge on any atom is -0.408 e. The summed E-state index contributed by atoms with van der Waals surface area (Å²) in [6, 6.07) is 14.5. The Balaban J connectivity index is 1.42. The molecule has 1 spiro atoms. The van der Waals surface area contributed by atoms with Crippen LogP contribution in [0.4, 0.5) is 0 Å². The Morgan fingerprint density at radius 1 is 0.977 bits per heavy atom. The zero-order chi connectivity index (χ0) is 31.3. The molecule has 0 bridgehead atoms. The molecule has 1 aliphatic carbocycles. The molecule has 44 heavy (non-hydrogen) atoms. The van der Waals surface area contributed by atoms with E-state index in [1.54, 1.807) is 34.1 Å². The molecule has 0 radical (unpaired) electrons. The van der Waals surface area contributed by atoms with E-state index in [0.717, 1.165) is 24.0 Å². The van der Waals surface area contributed by atoms with E-state index in [1.807, 2.05) is 24.3 Å². The molecule has 1 saturated heterocycles. The Labute approximate surface area is 256 Å². The highest BCUT2D eigenvalue weighted by molar-refractivity contribution is 5.94. The first-order valence-electron chi connectivity index (χ1n) is 15.5. The van der Waals surface area contributed by atoms with E-state index in [4.69, 9.17) is 4.42 Å². The summed E-state index contributed by atoms with van der Waals surface area (Å²) in [6.07, 6.45) is 3.18. The topological polar surface area (TPSA) is 134 Å². The average molecular weight is 604 g/mol. The first kappa shape index (κ1) is 31.0. The number of aryl methyl sites for hydroxylation is 1. The standard InChI is InChI=1S/C33H41N5O6/c1-23(2)15-19-37-21-28(39)35-33(16-7-10-24-9-3-4-11-25(24)33)31(42)34-17-20-36(18-8-14-29(37)40)30(41)22-38-26-12-5-6-13-27(26)44-32(38)43/h3-6,9,11-13,23H,7-8,10,14-22H2,1-2H3,(H,34,42)(H,35,39). The Morgan fingerprint density at radius 3 is 2.57 bits per heavy atom. The summed E-state index contributed by atoms with van der Waals surface area (Å²) in [5.74, 6) is -1.52. The molecule has 2 heterocycles. The van der Waals surface area contributed by atoms with Gasteiger partial charge in [0.15, 0.2) is 5.58 Å². The van der Waals surface area contributed by atoms with Crippen molar-refractivity contribution in [2.45, 2.75) is 64.5 Å². The molecule has 234 valence electrons. The van der Waals surface area contributed by atoms with Crippen molar-refractivity contribution in [1.29, 1.82) is 0 Å². The lowest BCUT2D eigenvalue weighted by molar-refractivity contribution is -0.140. The fourth-order valence-corrected chi connectivity index (χ4v) is 6.21. The van der Waals surface area contributed by atoms with Gasteiger partial charge in [-0.25, -0.2) is 4.79 Å². The number of amides is 4. The first-order chi connectivity index (χ1) is 21.2. The van der Waals surface area contributed by atoms with Crippen LogP contribution < -0.4 is 16.4 Å². The van der Waals surface area contributed by atoms with E-state index in [-0.39, 0.29) is 62.8 Å². The van der Waals surface area contributed by atoms with Crippen molar-refractivity contribution in [3.05, 3.63) is 70.2 Å². The molecule has 11 nitrogen and oxygen atoms in total. The van der Waals surface area contributed by atoms with Crippen molar-refractivity contribution in [3.63, 3.8) is 0 Å². The predicted molar refractivity (Wildman–Crippen MR) is 165 cm³/mol. The molecule has 4 amide bonds.